The minimum atomic E-state index is -0.770. The highest BCUT2D eigenvalue weighted by molar-refractivity contribution is 14.1. The molecule has 36 heavy (non-hydrogen) atoms. The Kier molecular flexibility index (Phi) is 10.8. The molecule has 0 unspecified atom stereocenters. The highest BCUT2D eigenvalue weighted by Gasteiger charge is 2.17. The maximum absolute atomic E-state index is 12.5. The lowest BCUT2D eigenvalue weighted by Crippen LogP contribution is -2.35. The lowest BCUT2D eigenvalue weighted by Gasteiger charge is -2.10. The second-order valence-electron chi connectivity index (χ2n) is 7.22. The van der Waals surface area contributed by atoms with Gasteiger partial charge in [-0.3, -0.25) is 4.79 Å². The predicted octanol–water partition coefficient (Wildman–Crippen LogP) is 3.72. The molecular formula is C23H24Cl2IN7O3. The summed E-state index contributed by atoms with van der Waals surface area (Å²) in [6.07, 6.45) is 0. The fraction of sp³-hybridized carbons (Fsp3) is 0.217. The summed E-state index contributed by atoms with van der Waals surface area (Å²) in [6.45, 7) is 1.85. The van der Waals surface area contributed by atoms with Crippen LogP contribution in [0.3, 0.4) is 0 Å². The van der Waals surface area contributed by atoms with Crippen molar-refractivity contribution in [3.05, 3.63) is 73.5 Å². The Morgan fingerprint density at radius 1 is 1.03 bits per heavy atom. The number of nitrogen functional groups attached to an aromatic ring is 1. The van der Waals surface area contributed by atoms with Gasteiger partial charge in [-0.15, -0.1) is 0 Å². The average Bonchev–Trinajstić information content (AvgIpc) is 2.85. The number of carbonyl (C=O) groups excluding carboxylic acids is 1. The van der Waals surface area contributed by atoms with Crippen LogP contribution in [-0.4, -0.2) is 48.2 Å². The fourth-order valence-electron chi connectivity index (χ4n) is 2.79. The lowest BCUT2D eigenvalue weighted by molar-refractivity contribution is 0.0995. The Bertz CT molecular complexity index is 1200. The number of guanidine groups is 1. The van der Waals surface area contributed by atoms with Crippen molar-refractivity contribution in [3.63, 3.8) is 0 Å². The maximum Gasteiger partial charge on any atom is 0.302 e. The van der Waals surface area contributed by atoms with Crippen LogP contribution < -0.4 is 26.8 Å². The van der Waals surface area contributed by atoms with Gasteiger partial charge in [-0.25, -0.2) is 9.97 Å². The second-order valence-corrected chi connectivity index (χ2v) is 9.26. The molecule has 0 aliphatic heterocycles. The molecule has 13 heteroatoms. The van der Waals surface area contributed by atoms with Gasteiger partial charge in [0.25, 0.3) is 0 Å². The van der Waals surface area contributed by atoms with E-state index in [0.29, 0.717) is 43.7 Å². The number of hydrogen-bond acceptors (Lipinski definition) is 7. The van der Waals surface area contributed by atoms with Gasteiger partial charge in [0.15, 0.2) is 28.4 Å². The first-order chi connectivity index (χ1) is 17.3. The number of carbonyl (C=O) groups is 1. The highest BCUT2D eigenvalue weighted by atomic mass is 127. The molecule has 0 radical (unpaired) electrons. The zero-order chi connectivity index (χ0) is 25.9. The van der Waals surface area contributed by atoms with Gasteiger partial charge in [0.1, 0.15) is 12.4 Å². The van der Waals surface area contributed by atoms with Gasteiger partial charge in [-0.1, -0.05) is 35.3 Å². The quantitative estimate of drug-likeness (QED) is 0.106. The minimum absolute atomic E-state index is 0.00554. The van der Waals surface area contributed by atoms with Crippen molar-refractivity contribution in [3.8, 4) is 5.75 Å². The van der Waals surface area contributed by atoms with Crippen molar-refractivity contribution in [2.45, 2.75) is 6.54 Å². The number of aliphatic imine (C=N–C) groups is 1. The van der Waals surface area contributed by atoms with Gasteiger partial charge in [0.05, 0.1) is 13.2 Å². The van der Waals surface area contributed by atoms with E-state index in [4.69, 9.17) is 44.1 Å². The molecule has 0 bridgehead atoms. The summed E-state index contributed by atoms with van der Waals surface area (Å²) in [6, 6.07) is 15.0. The Morgan fingerprint density at radius 3 is 2.47 bits per heavy atom. The molecule has 0 fully saturated rings. The van der Waals surface area contributed by atoms with E-state index >= 15 is 0 Å². The van der Waals surface area contributed by atoms with Crippen LogP contribution in [0.5, 0.6) is 5.75 Å². The summed E-state index contributed by atoms with van der Waals surface area (Å²) in [5.41, 5.74) is 12.5. The standard InChI is InChI=1S/C23H24Cl2IN7O3/c24-15-3-7-17(8-4-15)36-12-11-35-10-9-29-23(28)33-22(34)18-20(27)32-21(19(25)31-18)30-13-14-1-5-16(26)6-2-14/h1-8H,9-13H2,(H3,27,30,32)(H3,28,29,33,34). The van der Waals surface area contributed by atoms with Crippen LogP contribution in [0.1, 0.15) is 16.1 Å². The Labute approximate surface area is 231 Å². The number of benzene rings is 2. The van der Waals surface area contributed by atoms with Gasteiger partial charge in [0, 0.05) is 21.7 Å². The molecule has 1 amide bonds. The number of rotatable bonds is 11. The smallest absolute Gasteiger partial charge is 0.302 e. The predicted molar refractivity (Wildman–Crippen MR) is 150 cm³/mol. The first kappa shape index (κ1) is 27.7. The molecule has 3 rings (SSSR count). The lowest BCUT2D eigenvalue weighted by atomic mass is 10.2. The van der Waals surface area contributed by atoms with E-state index in [1.165, 1.54) is 0 Å². The SMILES string of the molecule is N/C(=N\C(=O)c1nc(Cl)c(NCc2ccc(I)cc2)nc1N)NCCOCCOc1ccc(Cl)cc1. The number of nitrogens with two attached hydrogens (primary N) is 2. The number of ether oxygens (including phenoxy) is 2. The van der Waals surface area contributed by atoms with Crippen molar-refractivity contribution < 1.29 is 14.3 Å². The van der Waals surface area contributed by atoms with Crippen molar-refractivity contribution in [1.82, 2.24) is 15.3 Å². The monoisotopic (exact) mass is 643 g/mol. The van der Waals surface area contributed by atoms with Gasteiger partial charge in [-0.05, 0) is 64.6 Å². The minimum Gasteiger partial charge on any atom is -0.491 e. The molecule has 1 heterocycles. The number of anilines is 2. The third kappa shape index (κ3) is 8.97. The van der Waals surface area contributed by atoms with E-state index in [2.05, 4.69) is 48.2 Å². The van der Waals surface area contributed by atoms with Gasteiger partial charge in [-0.2, -0.15) is 4.99 Å². The Morgan fingerprint density at radius 2 is 1.75 bits per heavy atom. The van der Waals surface area contributed by atoms with Crippen LogP contribution in [0.15, 0.2) is 53.5 Å². The van der Waals surface area contributed by atoms with E-state index in [1.807, 2.05) is 24.3 Å². The molecule has 0 spiro atoms. The third-order valence-electron chi connectivity index (χ3n) is 4.54. The third-order valence-corrected chi connectivity index (χ3v) is 5.78. The molecule has 0 aliphatic carbocycles. The first-order valence-electron chi connectivity index (χ1n) is 10.7. The van der Waals surface area contributed by atoms with E-state index in [1.54, 1.807) is 24.3 Å². The van der Waals surface area contributed by atoms with Gasteiger partial charge >= 0.3 is 5.91 Å². The van der Waals surface area contributed by atoms with Crippen LogP contribution in [0.25, 0.3) is 0 Å². The Hall–Kier alpha value is -2.87. The fourth-order valence-corrected chi connectivity index (χ4v) is 3.47. The number of hydrogen-bond donors (Lipinski definition) is 4. The van der Waals surface area contributed by atoms with Gasteiger partial charge in [0.2, 0.25) is 0 Å². The van der Waals surface area contributed by atoms with Crippen molar-refractivity contribution >= 4 is 69.3 Å². The summed E-state index contributed by atoms with van der Waals surface area (Å²) in [5, 5.41) is 6.47. The van der Waals surface area contributed by atoms with E-state index < -0.39 is 5.91 Å². The van der Waals surface area contributed by atoms with E-state index in [9.17, 15) is 4.79 Å². The second kappa shape index (κ2) is 14.0. The van der Waals surface area contributed by atoms with Crippen LogP contribution in [0, 0.1) is 3.57 Å². The Balaban J connectivity index is 1.41. The van der Waals surface area contributed by atoms with E-state index in [-0.39, 0.29) is 28.4 Å². The van der Waals surface area contributed by atoms with Crippen molar-refractivity contribution in [2.24, 2.45) is 10.7 Å². The largest absolute Gasteiger partial charge is 0.491 e. The molecule has 2 aromatic carbocycles. The summed E-state index contributed by atoms with van der Waals surface area (Å²) in [5.74, 6) is -0.0347. The van der Waals surface area contributed by atoms with Crippen LogP contribution in [0.2, 0.25) is 10.2 Å². The zero-order valence-corrected chi connectivity index (χ0v) is 22.7. The molecule has 6 N–H and O–H groups in total. The number of nitrogens with one attached hydrogen (secondary N) is 2. The zero-order valence-electron chi connectivity index (χ0n) is 19.0. The number of amides is 1. The molecule has 190 valence electrons. The summed E-state index contributed by atoms with van der Waals surface area (Å²) in [4.78, 5) is 24.4. The molecule has 0 saturated heterocycles. The normalized spacial score (nSPS) is 11.2. The molecular weight excluding hydrogens is 620 g/mol. The van der Waals surface area contributed by atoms with Crippen LogP contribution in [0.4, 0.5) is 11.6 Å². The average molecular weight is 644 g/mol. The van der Waals surface area contributed by atoms with Crippen molar-refractivity contribution in [2.75, 3.05) is 37.4 Å². The maximum atomic E-state index is 12.5. The van der Waals surface area contributed by atoms with Crippen LogP contribution >= 0.6 is 45.8 Å². The van der Waals surface area contributed by atoms with Crippen LogP contribution in [-0.2, 0) is 11.3 Å². The van der Waals surface area contributed by atoms with Crippen molar-refractivity contribution in [1.29, 1.82) is 0 Å². The van der Waals surface area contributed by atoms with E-state index in [0.717, 1.165) is 9.13 Å². The highest BCUT2D eigenvalue weighted by Crippen LogP contribution is 2.22. The van der Waals surface area contributed by atoms with Gasteiger partial charge < -0.3 is 31.6 Å². The summed E-state index contributed by atoms with van der Waals surface area (Å²) < 4.78 is 12.1. The number of nitrogens with zero attached hydrogens (tertiary/aromatic N) is 3. The molecule has 0 atom stereocenters. The first-order valence-corrected chi connectivity index (χ1v) is 12.5. The number of aromatic nitrogens is 2. The molecule has 10 nitrogen and oxygen atoms in total. The molecule has 3 aromatic rings. The topological polar surface area (TPSA) is 150 Å². The summed E-state index contributed by atoms with van der Waals surface area (Å²) in [7, 11) is 0. The number of halogens is 3. The molecule has 0 saturated carbocycles. The molecule has 0 aliphatic rings. The molecule has 1 aromatic heterocycles. The summed E-state index contributed by atoms with van der Waals surface area (Å²) >= 11 is 14.2.